The summed E-state index contributed by atoms with van der Waals surface area (Å²) in [5.74, 6) is 0. The van der Waals surface area contributed by atoms with Crippen molar-refractivity contribution in [1.29, 1.82) is 0 Å². The van der Waals surface area contributed by atoms with Gasteiger partial charge < -0.3 is 10.2 Å². The van der Waals surface area contributed by atoms with Gasteiger partial charge in [0.25, 0.3) is 0 Å². The van der Waals surface area contributed by atoms with Crippen molar-refractivity contribution in [3.05, 3.63) is 11.6 Å². The normalized spacial score (nSPS) is 24.1. The lowest BCUT2D eigenvalue weighted by Crippen LogP contribution is -2.52. The van der Waals surface area contributed by atoms with Gasteiger partial charge in [-0.1, -0.05) is 0 Å². The van der Waals surface area contributed by atoms with Crippen molar-refractivity contribution in [2.75, 3.05) is 44.2 Å². The lowest BCUT2D eigenvalue weighted by Gasteiger charge is -2.40. The summed E-state index contributed by atoms with van der Waals surface area (Å²) in [6.07, 6.45) is 4.54. The summed E-state index contributed by atoms with van der Waals surface area (Å²) < 4.78 is 0. The van der Waals surface area contributed by atoms with Crippen LogP contribution < -0.4 is 10.2 Å². The number of thiazole rings is 1. The lowest BCUT2D eigenvalue weighted by atomic mass is 10.0. The monoisotopic (exact) mass is 252 g/mol. The zero-order valence-electron chi connectivity index (χ0n) is 10.1. The van der Waals surface area contributed by atoms with E-state index in [-0.39, 0.29) is 0 Å². The third kappa shape index (κ3) is 2.61. The van der Waals surface area contributed by atoms with Crippen LogP contribution >= 0.6 is 11.3 Å². The zero-order valence-corrected chi connectivity index (χ0v) is 11.0. The Morgan fingerprint density at radius 3 is 2.59 bits per heavy atom. The SMILES string of the molecule is c1csc(N2CCN(C3CCNCC3)CC2)n1. The quantitative estimate of drug-likeness (QED) is 0.851. The Hall–Kier alpha value is -0.650. The Kier molecular flexibility index (Phi) is 3.59. The van der Waals surface area contributed by atoms with E-state index < -0.39 is 0 Å². The third-order valence-electron chi connectivity index (χ3n) is 3.83. The van der Waals surface area contributed by atoms with Gasteiger partial charge in [0, 0.05) is 43.8 Å². The number of piperidine rings is 1. The molecule has 2 aliphatic heterocycles. The van der Waals surface area contributed by atoms with Gasteiger partial charge in [0.05, 0.1) is 0 Å². The van der Waals surface area contributed by atoms with Crippen LogP contribution in [-0.4, -0.2) is 55.2 Å². The Labute approximate surface area is 107 Å². The number of hydrogen-bond donors (Lipinski definition) is 1. The highest BCUT2D eigenvalue weighted by molar-refractivity contribution is 7.13. The van der Waals surface area contributed by atoms with Crippen molar-refractivity contribution in [3.8, 4) is 0 Å². The van der Waals surface area contributed by atoms with E-state index in [1.807, 2.05) is 6.20 Å². The van der Waals surface area contributed by atoms with Crippen LogP contribution in [0, 0.1) is 0 Å². The van der Waals surface area contributed by atoms with E-state index in [2.05, 4.69) is 25.5 Å². The minimum atomic E-state index is 0.815. The molecule has 3 rings (SSSR count). The number of aromatic nitrogens is 1. The number of piperazine rings is 1. The van der Waals surface area contributed by atoms with E-state index in [0.29, 0.717) is 0 Å². The van der Waals surface area contributed by atoms with Crippen molar-refractivity contribution in [2.24, 2.45) is 0 Å². The Morgan fingerprint density at radius 1 is 1.18 bits per heavy atom. The van der Waals surface area contributed by atoms with Crippen molar-refractivity contribution in [1.82, 2.24) is 15.2 Å². The molecule has 0 bridgehead atoms. The maximum atomic E-state index is 4.39. The molecule has 5 heteroatoms. The standard InChI is InChI=1S/C12H20N4S/c1-3-13-4-2-11(1)15-6-8-16(9-7-15)12-14-5-10-17-12/h5,10-11,13H,1-4,6-9H2. The summed E-state index contributed by atoms with van der Waals surface area (Å²) >= 11 is 1.75. The topological polar surface area (TPSA) is 31.4 Å². The van der Waals surface area contributed by atoms with Crippen LogP contribution in [0.3, 0.4) is 0 Å². The average molecular weight is 252 g/mol. The maximum Gasteiger partial charge on any atom is 0.185 e. The van der Waals surface area contributed by atoms with Crippen LogP contribution in [0.25, 0.3) is 0 Å². The van der Waals surface area contributed by atoms with Crippen LogP contribution in [0.15, 0.2) is 11.6 Å². The highest BCUT2D eigenvalue weighted by Crippen LogP contribution is 2.21. The summed E-state index contributed by atoms with van der Waals surface area (Å²) in [7, 11) is 0. The first-order valence-corrected chi connectivity index (χ1v) is 7.40. The van der Waals surface area contributed by atoms with Gasteiger partial charge >= 0.3 is 0 Å². The van der Waals surface area contributed by atoms with E-state index >= 15 is 0 Å². The number of anilines is 1. The molecule has 0 aliphatic carbocycles. The van der Waals surface area contributed by atoms with E-state index in [0.717, 1.165) is 19.1 Å². The smallest absolute Gasteiger partial charge is 0.185 e. The summed E-state index contributed by atoms with van der Waals surface area (Å²) in [4.78, 5) is 9.48. The Morgan fingerprint density at radius 2 is 1.94 bits per heavy atom. The molecule has 0 spiro atoms. The summed E-state index contributed by atoms with van der Waals surface area (Å²) in [5, 5.41) is 6.69. The number of rotatable bonds is 2. The zero-order chi connectivity index (χ0) is 11.5. The van der Waals surface area contributed by atoms with Gasteiger partial charge in [0.1, 0.15) is 0 Å². The molecule has 1 aromatic heterocycles. The van der Waals surface area contributed by atoms with Gasteiger partial charge in [0.15, 0.2) is 5.13 Å². The molecule has 0 aromatic carbocycles. The van der Waals surface area contributed by atoms with E-state index in [1.54, 1.807) is 11.3 Å². The number of nitrogens with zero attached hydrogens (tertiary/aromatic N) is 3. The molecule has 1 aromatic rings. The van der Waals surface area contributed by atoms with Gasteiger partial charge in [-0.05, 0) is 25.9 Å². The van der Waals surface area contributed by atoms with Crippen LogP contribution in [-0.2, 0) is 0 Å². The predicted molar refractivity (Wildman–Crippen MR) is 71.8 cm³/mol. The minimum Gasteiger partial charge on any atom is -0.346 e. The van der Waals surface area contributed by atoms with Gasteiger partial charge in [0.2, 0.25) is 0 Å². The first-order valence-electron chi connectivity index (χ1n) is 6.53. The summed E-state index contributed by atoms with van der Waals surface area (Å²) in [6, 6.07) is 0.815. The number of hydrogen-bond acceptors (Lipinski definition) is 5. The van der Waals surface area contributed by atoms with E-state index in [1.165, 1.54) is 44.2 Å². The van der Waals surface area contributed by atoms with Crippen LogP contribution in [0.5, 0.6) is 0 Å². The molecule has 0 radical (unpaired) electrons. The fraction of sp³-hybridized carbons (Fsp3) is 0.750. The Balaban J connectivity index is 1.53. The first kappa shape index (κ1) is 11.4. The van der Waals surface area contributed by atoms with Crippen LogP contribution in [0.2, 0.25) is 0 Å². The molecule has 1 N–H and O–H groups in total. The van der Waals surface area contributed by atoms with Crippen LogP contribution in [0.4, 0.5) is 5.13 Å². The van der Waals surface area contributed by atoms with Crippen molar-refractivity contribution in [3.63, 3.8) is 0 Å². The molecule has 0 saturated carbocycles. The highest BCUT2D eigenvalue weighted by atomic mass is 32.1. The fourth-order valence-corrected chi connectivity index (χ4v) is 3.52. The molecule has 94 valence electrons. The second kappa shape index (κ2) is 5.33. The first-order chi connectivity index (χ1) is 8.43. The Bertz CT molecular complexity index is 326. The molecule has 2 aliphatic rings. The van der Waals surface area contributed by atoms with Crippen LogP contribution in [0.1, 0.15) is 12.8 Å². The van der Waals surface area contributed by atoms with Gasteiger partial charge in [-0.2, -0.15) is 0 Å². The maximum absolute atomic E-state index is 4.39. The molecule has 4 nitrogen and oxygen atoms in total. The van der Waals surface area contributed by atoms with E-state index in [9.17, 15) is 0 Å². The summed E-state index contributed by atoms with van der Waals surface area (Å²) in [5.41, 5.74) is 0. The second-order valence-electron chi connectivity index (χ2n) is 4.82. The van der Waals surface area contributed by atoms with Crippen molar-refractivity contribution >= 4 is 16.5 Å². The van der Waals surface area contributed by atoms with Gasteiger partial charge in [-0.3, -0.25) is 4.90 Å². The van der Waals surface area contributed by atoms with E-state index in [4.69, 9.17) is 0 Å². The minimum absolute atomic E-state index is 0.815. The highest BCUT2D eigenvalue weighted by Gasteiger charge is 2.25. The second-order valence-corrected chi connectivity index (χ2v) is 5.69. The molecule has 3 heterocycles. The molecular formula is C12H20N4S. The van der Waals surface area contributed by atoms with Gasteiger partial charge in [-0.15, -0.1) is 11.3 Å². The molecule has 0 unspecified atom stereocenters. The largest absolute Gasteiger partial charge is 0.346 e. The molecule has 17 heavy (non-hydrogen) atoms. The average Bonchev–Trinajstić information content (AvgIpc) is 2.94. The summed E-state index contributed by atoms with van der Waals surface area (Å²) in [6.45, 7) is 7.05. The number of nitrogens with one attached hydrogen (secondary N) is 1. The van der Waals surface area contributed by atoms with Gasteiger partial charge in [-0.25, -0.2) is 4.98 Å². The van der Waals surface area contributed by atoms with Crippen molar-refractivity contribution < 1.29 is 0 Å². The molecule has 0 atom stereocenters. The molecular weight excluding hydrogens is 232 g/mol. The lowest BCUT2D eigenvalue weighted by molar-refractivity contribution is 0.153. The molecule has 0 amide bonds. The van der Waals surface area contributed by atoms with Crippen molar-refractivity contribution in [2.45, 2.75) is 18.9 Å². The molecule has 2 fully saturated rings. The molecule has 2 saturated heterocycles. The third-order valence-corrected chi connectivity index (χ3v) is 4.66. The fourth-order valence-electron chi connectivity index (χ4n) is 2.82. The predicted octanol–water partition coefficient (Wildman–Crippen LogP) is 1.02.